The highest BCUT2D eigenvalue weighted by Gasteiger charge is 2.44. The molecule has 0 heterocycles. The number of carbonyl (C=O) groups is 1. The quantitative estimate of drug-likeness (QED) is 0.526. The summed E-state index contributed by atoms with van der Waals surface area (Å²) >= 11 is 1.53. The van der Waals surface area contributed by atoms with Gasteiger partial charge in [0.25, 0.3) is 0 Å². The molecular formula is C20H19F4NOS. The lowest BCUT2D eigenvalue weighted by molar-refractivity contribution is -0.137. The van der Waals surface area contributed by atoms with Crippen LogP contribution < -0.4 is 5.32 Å². The van der Waals surface area contributed by atoms with Gasteiger partial charge in [0.1, 0.15) is 5.82 Å². The molecule has 2 unspecified atom stereocenters. The zero-order chi connectivity index (χ0) is 19.4. The molecule has 0 aromatic heterocycles. The normalized spacial score (nSPS) is 19.0. The lowest BCUT2D eigenvalue weighted by Crippen LogP contribution is -2.27. The molecule has 2 atom stereocenters. The fourth-order valence-electron chi connectivity index (χ4n) is 2.95. The van der Waals surface area contributed by atoms with Gasteiger partial charge in [-0.1, -0.05) is 30.3 Å². The number of carbonyl (C=O) groups excluding carboxylic acids is 1. The van der Waals surface area contributed by atoms with E-state index >= 15 is 0 Å². The lowest BCUT2D eigenvalue weighted by atomic mass is 10.1. The maximum Gasteiger partial charge on any atom is 0.416 e. The predicted octanol–water partition coefficient (Wildman–Crippen LogP) is 5.00. The van der Waals surface area contributed by atoms with E-state index in [9.17, 15) is 22.4 Å². The molecule has 1 N–H and O–H groups in total. The summed E-state index contributed by atoms with van der Waals surface area (Å²) in [5, 5.41) is 2.85. The van der Waals surface area contributed by atoms with Crippen molar-refractivity contribution in [2.24, 2.45) is 5.92 Å². The summed E-state index contributed by atoms with van der Waals surface area (Å²) in [6.45, 7) is 0.480. The van der Waals surface area contributed by atoms with E-state index in [0.29, 0.717) is 30.0 Å². The van der Waals surface area contributed by atoms with Crippen LogP contribution in [0.25, 0.3) is 0 Å². The number of benzene rings is 2. The molecule has 0 saturated heterocycles. The fraction of sp³-hybridized carbons (Fsp3) is 0.350. The van der Waals surface area contributed by atoms with Crippen molar-refractivity contribution in [3.63, 3.8) is 0 Å². The van der Waals surface area contributed by atoms with Gasteiger partial charge >= 0.3 is 6.18 Å². The molecule has 27 heavy (non-hydrogen) atoms. The summed E-state index contributed by atoms with van der Waals surface area (Å²) in [5.41, 5.74) is 0.718. The number of halogens is 4. The van der Waals surface area contributed by atoms with Crippen molar-refractivity contribution in [3.8, 4) is 0 Å². The number of hydrogen-bond donors (Lipinski definition) is 1. The Hall–Kier alpha value is -2.02. The molecule has 1 fully saturated rings. The first-order valence-electron chi connectivity index (χ1n) is 8.62. The predicted molar refractivity (Wildman–Crippen MR) is 97.9 cm³/mol. The molecule has 3 rings (SSSR count). The third-order valence-corrected chi connectivity index (χ3v) is 5.56. The van der Waals surface area contributed by atoms with Crippen LogP contribution in [0.1, 0.15) is 29.0 Å². The Morgan fingerprint density at radius 3 is 2.48 bits per heavy atom. The molecule has 1 amide bonds. The Morgan fingerprint density at radius 1 is 1.11 bits per heavy atom. The van der Waals surface area contributed by atoms with Crippen molar-refractivity contribution in [1.29, 1.82) is 0 Å². The zero-order valence-electron chi connectivity index (χ0n) is 14.4. The molecule has 2 aromatic carbocycles. The Balaban J connectivity index is 1.38. The van der Waals surface area contributed by atoms with Crippen LogP contribution in [-0.4, -0.2) is 18.2 Å². The maximum atomic E-state index is 13.5. The van der Waals surface area contributed by atoms with Crippen molar-refractivity contribution in [2.75, 3.05) is 12.3 Å². The van der Waals surface area contributed by atoms with Crippen LogP contribution in [0.2, 0.25) is 0 Å². The van der Waals surface area contributed by atoms with E-state index in [-0.39, 0.29) is 23.6 Å². The van der Waals surface area contributed by atoms with Crippen LogP contribution in [0.3, 0.4) is 0 Å². The standard InChI is InChI=1S/C20H19F4NOS/c21-18-4-2-1-3-14(18)12-27-10-9-25-19(26)17-11-16(17)13-5-7-15(8-6-13)20(22,23)24/h1-8,16-17H,9-12H2,(H,25,26). The molecule has 0 aliphatic heterocycles. The summed E-state index contributed by atoms with van der Waals surface area (Å²) in [7, 11) is 0. The van der Waals surface area contributed by atoms with Crippen LogP contribution in [0, 0.1) is 11.7 Å². The Kier molecular flexibility index (Phi) is 6.09. The van der Waals surface area contributed by atoms with Gasteiger partial charge < -0.3 is 5.32 Å². The Morgan fingerprint density at radius 2 is 1.81 bits per heavy atom. The van der Waals surface area contributed by atoms with Gasteiger partial charge in [-0.25, -0.2) is 4.39 Å². The minimum absolute atomic E-state index is 0.0154. The first-order valence-corrected chi connectivity index (χ1v) is 9.78. The molecule has 144 valence electrons. The monoisotopic (exact) mass is 397 g/mol. The minimum atomic E-state index is -4.35. The van der Waals surface area contributed by atoms with E-state index in [0.717, 1.165) is 17.7 Å². The molecule has 1 aliphatic rings. The second kappa shape index (κ2) is 8.33. The lowest BCUT2D eigenvalue weighted by Gasteiger charge is -2.08. The van der Waals surface area contributed by atoms with E-state index < -0.39 is 11.7 Å². The van der Waals surface area contributed by atoms with Crippen molar-refractivity contribution >= 4 is 17.7 Å². The SMILES string of the molecule is O=C(NCCSCc1ccccc1F)C1CC1c1ccc(C(F)(F)F)cc1. The Labute approximate surface area is 159 Å². The van der Waals surface area contributed by atoms with Crippen molar-refractivity contribution in [3.05, 3.63) is 71.0 Å². The fourth-order valence-corrected chi connectivity index (χ4v) is 3.79. The summed E-state index contributed by atoms with van der Waals surface area (Å²) in [6, 6.07) is 11.6. The van der Waals surface area contributed by atoms with Gasteiger partial charge in [0.15, 0.2) is 0 Å². The van der Waals surface area contributed by atoms with Gasteiger partial charge in [0.05, 0.1) is 5.56 Å². The Bertz CT molecular complexity index is 791. The number of amides is 1. The number of alkyl halides is 3. The van der Waals surface area contributed by atoms with Crippen molar-refractivity contribution < 1.29 is 22.4 Å². The highest BCUT2D eigenvalue weighted by molar-refractivity contribution is 7.98. The third-order valence-electron chi connectivity index (χ3n) is 4.55. The summed E-state index contributed by atoms with van der Waals surface area (Å²) in [6.07, 6.45) is -3.70. The van der Waals surface area contributed by atoms with Crippen LogP contribution in [0.5, 0.6) is 0 Å². The van der Waals surface area contributed by atoms with Gasteiger partial charge in [0, 0.05) is 24.0 Å². The van der Waals surface area contributed by atoms with Crippen LogP contribution in [0.15, 0.2) is 48.5 Å². The molecule has 1 aliphatic carbocycles. The van der Waals surface area contributed by atoms with E-state index in [1.807, 2.05) is 0 Å². The van der Waals surface area contributed by atoms with E-state index in [1.54, 1.807) is 18.2 Å². The topological polar surface area (TPSA) is 29.1 Å². The second-order valence-corrected chi connectivity index (χ2v) is 7.61. The maximum absolute atomic E-state index is 13.5. The van der Waals surface area contributed by atoms with Gasteiger partial charge in [-0.3, -0.25) is 4.79 Å². The summed E-state index contributed by atoms with van der Waals surface area (Å²) in [5.74, 6) is 0.701. The van der Waals surface area contributed by atoms with E-state index in [4.69, 9.17) is 0 Å². The second-order valence-electron chi connectivity index (χ2n) is 6.50. The largest absolute Gasteiger partial charge is 0.416 e. The third kappa shape index (κ3) is 5.25. The smallest absolute Gasteiger partial charge is 0.355 e. The van der Waals surface area contributed by atoms with Crippen LogP contribution in [-0.2, 0) is 16.7 Å². The first kappa shape index (κ1) is 19.7. The average molecular weight is 397 g/mol. The van der Waals surface area contributed by atoms with Crippen LogP contribution in [0.4, 0.5) is 17.6 Å². The molecule has 0 bridgehead atoms. The number of nitrogens with one attached hydrogen (secondary N) is 1. The van der Waals surface area contributed by atoms with Gasteiger partial charge in [-0.15, -0.1) is 0 Å². The average Bonchev–Trinajstić information content (AvgIpc) is 3.43. The van der Waals surface area contributed by atoms with Gasteiger partial charge in [-0.2, -0.15) is 24.9 Å². The first-order chi connectivity index (χ1) is 12.9. The zero-order valence-corrected chi connectivity index (χ0v) is 15.2. The van der Waals surface area contributed by atoms with E-state index in [2.05, 4.69) is 5.32 Å². The molecule has 1 saturated carbocycles. The molecule has 0 radical (unpaired) electrons. The highest BCUT2D eigenvalue weighted by Crippen LogP contribution is 2.47. The molecule has 2 aromatic rings. The van der Waals surface area contributed by atoms with Gasteiger partial charge in [0.2, 0.25) is 5.91 Å². The van der Waals surface area contributed by atoms with Gasteiger partial charge in [-0.05, 0) is 41.7 Å². The van der Waals surface area contributed by atoms with Crippen molar-refractivity contribution in [2.45, 2.75) is 24.3 Å². The number of thioether (sulfide) groups is 1. The van der Waals surface area contributed by atoms with Crippen molar-refractivity contribution in [1.82, 2.24) is 5.32 Å². The number of rotatable bonds is 7. The summed E-state index contributed by atoms with van der Waals surface area (Å²) in [4.78, 5) is 12.1. The number of hydrogen-bond acceptors (Lipinski definition) is 2. The van der Waals surface area contributed by atoms with Crippen LogP contribution >= 0.6 is 11.8 Å². The minimum Gasteiger partial charge on any atom is -0.355 e. The summed E-state index contributed by atoms with van der Waals surface area (Å²) < 4.78 is 51.3. The highest BCUT2D eigenvalue weighted by atomic mass is 32.2. The molecule has 2 nitrogen and oxygen atoms in total. The molecular weight excluding hydrogens is 378 g/mol. The molecule has 7 heteroatoms. The molecule has 0 spiro atoms. The van der Waals surface area contributed by atoms with E-state index in [1.165, 1.54) is 30.0 Å².